The molecule has 5 rings (SSSR count). The maximum atomic E-state index is 14.3. The summed E-state index contributed by atoms with van der Waals surface area (Å²) in [6.45, 7) is 4.54. The van der Waals surface area contributed by atoms with Gasteiger partial charge in [0.2, 0.25) is 0 Å². The van der Waals surface area contributed by atoms with E-state index in [4.69, 9.17) is 10.5 Å². The quantitative estimate of drug-likeness (QED) is 0.566. The van der Waals surface area contributed by atoms with Gasteiger partial charge >= 0.3 is 0 Å². The smallest absolute Gasteiger partial charge is 0.251 e. The fourth-order valence-corrected chi connectivity index (χ4v) is 4.09. The van der Waals surface area contributed by atoms with Gasteiger partial charge in [-0.15, -0.1) is 0 Å². The molecule has 7 nitrogen and oxygen atoms in total. The molecule has 0 spiro atoms. The number of hydrogen-bond donors (Lipinski definition) is 1. The maximum Gasteiger partial charge on any atom is 0.251 e. The molecule has 0 atom stereocenters. The van der Waals surface area contributed by atoms with Crippen molar-refractivity contribution in [2.24, 2.45) is 5.73 Å². The summed E-state index contributed by atoms with van der Waals surface area (Å²) in [4.78, 5) is 23.2. The molecular formula is C22H20FN5O2. The minimum absolute atomic E-state index is 0.288. The zero-order valence-corrected chi connectivity index (χ0v) is 16.4. The van der Waals surface area contributed by atoms with E-state index in [0.717, 1.165) is 30.0 Å². The van der Waals surface area contributed by atoms with Crippen LogP contribution in [0.1, 0.15) is 16.2 Å². The van der Waals surface area contributed by atoms with Crippen LogP contribution in [0.2, 0.25) is 0 Å². The first kappa shape index (κ1) is 18.5. The highest BCUT2D eigenvalue weighted by Crippen LogP contribution is 2.32. The average Bonchev–Trinajstić information content (AvgIpc) is 3.09. The zero-order valence-electron chi connectivity index (χ0n) is 16.4. The molecule has 3 heterocycles. The number of anilines is 1. The van der Waals surface area contributed by atoms with Gasteiger partial charge in [0.25, 0.3) is 5.91 Å². The fraction of sp³-hybridized carbons (Fsp3) is 0.227. The minimum Gasteiger partial charge on any atom is -0.378 e. The number of para-hydroxylation sites is 1. The number of pyridine rings is 1. The van der Waals surface area contributed by atoms with Gasteiger partial charge in [0.1, 0.15) is 22.7 Å². The summed E-state index contributed by atoms with van der Waals surface area (Å²) in [5.41, 5.74) is 9.23. The number of nitrogens with zero attached hydrogens (tertiary/aromatic N) is 4. The second-order valence-corrected chi connectivity index (χ2v) is 7.29. The molecule has 152 valence electrons. The Bertz CT molecular complexity index is 1290. The summed E-state index contributed by atoms with van der Waals surface area (Å²) in [6.07, 6.45) is 1.58. The molecule has 1 fully saturated rings. The molecular weight excluding hydrogens is 385 g/mol. The summed E-state index contributed by atoms with van der Waals surface area (Å²) in [6, 6.07) is 10.5. The fourth-order valence-electron chi connectivity index (χ4n) is 4.09. The number of ether oxygens (including phenoxy) is 1. The van der Waals surface area contributed by atoms with Crippen LogP contribution in [0.4, 0.5) is 10.1 Å². The Morgan fingerprint density at radius 1 is 1.17 bits per heavy atom. The molecule has 1 saturated heterocycles. The van der Waals surface area contributed by atoms with Crippen LogP contribution in [-0.4, -0.2) is 46.7 Å². The van der Waals surface area contributed by atoms with Crippen LogP contribution >= 0.6 is 0 Å². The molecule has 1 aliphatic rings. The standard InChI is InChI=1S/C22H20FN5O2/c1-13-26-21-16(22(24)29)11-14(27-7-9-30-10-8-27)12-19(21)28(13)18-5-6-25-20-15(18)3-2-4-17(20)23/h2-6,11-12H,7-10H2,1H3,(H2,24,29). The summed E-state index contributed by atoms with van der Waals surface area (Å²) in [5, 5.41) is 0.664. The number of imidazole rings is 1. The second kappa shape index (κ2) is 7.07. The number of rotatable bonds is 3. The maximum absolute atomic E-state index is 14.3. The van der Waals surface area contributed by atoms with Gasteiger partial charge in [-0.25, -0.2) is 9.37 Å². The van der Waals surface area contributed by atoms with Gasteiger partial charge in [-0.2, -0.15) is 0 Å². The highest BCUT2D eigenvalue weighted by atomic mass is 19.1. The van der Waals surface area contributed by atoms with E-state index in [9.17, 15) is 9.18 Å². The number of primary amides is 1. The second-order valence-electron chi connectivity index (χ2n) is 7.29. The largest absolute Gasteiger partial charge is 0.378 e. The Kier molecular flexibility index (Phi) is 4.36. The van der Waals surface area contributed by atoms with Crippen LogP contribution in [0.25, 0.3) is 27.6 Å². The zero-order chi connectivity index (χ0) is 20.8. The molecule has 8 heteroatoms. The highest BCUT2D eigenvalue weighted by Gasteiger charge is 2.21. The third kappa shape index (κ3) is 2.88. The van der Waals surface area contributed by atoms with E-state index >= 15 is 0 Å². The predicted molar refractivity (Wildman–Crippen MR) is 113 cm³/mol. The molecule has 30 heavy (non-hydrogen) atoms. The number of fused-ring (bicyclic) bond motifs is 2. The minimum atomic E-state index is -0.537. The van der Waals surface area contributed by atoms with Gasteiger partial charge in [0.15, 0.2) is 0 Å². The molecule has 1 aliphatic heterocycles. The Labute approximate surface area is 171 Å². The molecule has 2 aromatic heterocycles. The van der Waals surface area contributed by atoms with Crippen LogP contribution in [-0.2, 0) is 4.74 Å². The van der Waals surface area contributed by atoms with Crippen LogP contribution in [0.3, 0.4) is 0 Å². The van der Waals surface area contributed by atoms with Crippen molar-refractivity contribution >= 4 is 33.5 Å². The third-order valence-corrected chi connectivity index (χ3v) is 5.49. The van der Waals surface area contributed by atoms with E-state index in [1.807, 2.05) is 29.7 Å². The number of aromatic nitrogens is 3. The van der Waals surface area contributed by atoms with E-state index in [2.05, 4.69) is 14.9 Å². The van der Waals surface area contributed by atoms with Crippen LogP contribution in [0.15, 0.2) is 42.6 Å². The molecule has 4 aromatic rings. The molecule has 1 amide bonds. The Balaban J connectivity index is 1.81. The summed E-state index contributed by atoms with van der Waals surface area (Å²) in [5.74, 6) is -0.253. The molecule has 2 aromatic carbocycles. The molecule has 0 aliphatic carbocycles. The lowest BCUT2D eigenvalue weighted by Gasteiger charge is -2.29. The van der Waals surface area contributed by atoms with Crippen molar-refractivity contribution in [1.82, 2.24) is 14.5 Å². The number of amides is 1. The Hall–Kier alpha value is -3.52. The highest BCUT2D eigenvalue weighted by molar-refractivity contribution is 6.06. The monoisotopic (exact) mass is 405 g/mol. The van der Waals surface area contributed by atoms with Crippen molar-refractivity contribution in [3.63, 3.8) is 0 Å². The third-order valence-electron chi connectivity index (χ3n) is 5.49. The molecule has 0 saturated carbocycles. The lowest BCUT2D eigenvalue weighted by Crippen LogP contribution is -2.36. The van der Waals surface area contributed by atoms with Crippen LogP contribution in [0, 0.1) is 12.7 Å². The van der Waals surface area contributed by atoms with Gasteiger partial charge in [0.05, 0.1) is 30.0 Å². The molecule has 0 bridgehead atoms. The van der Waals surface area contributed by atoms with Crippen molar-refractivity contribution in [2.75, 3.05) is 31.2 Å². The van der Waals surface area contributed by atoms with E-state index in [0.29, 0.717) is 35.5 Å². The van der Waals surface area contributed by atoms with Crippen molar-refractivity contribution in [3.8, 4) is 5.69 Å². The number of morpholine rings is 1. The van der Waals surface area contributed by atoms with E-state index in [-0.39, 0.29) is 11.3 Å². The number of aryl methyl sites for hydroxylation is 1. The van der Waals surface area contributed by atoms with E-state index in [1.165, 1.54) is 6.07 Å². The number of carbonyl (C=O) groups excluding carboxylic acids is 1. The van der Waals surface area contributed by atoms with Crippen LogP contribution < -0.4 is 10.6 Å². The first-order valence-electron chi connectivity index (χ1n) is 9.74. The molecule has 0 radical (unpaired) electrons. The van der Waals surface area contributed by atoms with Gasteiger partial charge in [-0.05, 0) is 31.2 Å². The number of carbonyl (C=O) groups is 1. The van der Waals surface area contributed by atoms with Crippen LogP contribution in [0.5, 0.6) is 0 Å². The van der Waals surface area contributed by atoms with Gasteiger partial charge in [-0.1, -0.05) is 12.1 Å². The first-order valence-corrected chi connectivity index (χ1v) is 9.74. The normalized spacial score (nSPS) is 14.5. The summed E-state index contributed by atoms with van der Waals surface area (Å²) < 4.78 is 21.7. The molecule has 0 unspecified atom stereocenters. The van der Waals surface area contributed by atoms with Gasteiger partial charge < -0.3 is 15.4 Å². The van der Waals surface area contributed by atoms with Gasteiger partial charge in [-0.3, -0.25) is 14.3 Å². The lowest BCUT2D eigenvalue weighted by molar-refractivity contribution is 0.100. The SMILES string of the molecule is Cc1nc2c(C(N)=O)cc(N3CCOCC3)cc2n1-c1ccnc2c(F)cccc12. The van der Waals surface area contributed by atoms with Crippen molar-refractivity contribution in [3.05, 3.63) is 59.8 Å². The first-order chi connectivity index (χ1) is 14.5. The summed E-state index contributed by atoms with van der Waals surface area (Å²) in [7, 11) is 0. The van der Waals surface area contributed by atoms with Crippen molar-refractivity contribution in [2.45, 2.75) is 6.92 Å². The van der Waals surface area contributed by atoms with Crippen molar-refractivity contribution < 1.29 is 13.9 Å². The van der Waals surface area contributed by atoms with E-state index < -0.39 is 5.91 Å². The number of halogens is 1. The number of benzene rings is 2. The Morgan fingerprint density at radius 3 is 2.73 bits per heavy atom. The van der Waals surface area contributed by atoms with Crippen molar-refractivity contribution in [1.29, 1.82) is 0 Å². The average molecular weight is 405 g/mol. The number of nitrogens with two attached hydrogens (primary N) is 1. The van der Waals surface area contributed by atoms with E-state index in [1.54, 1.807) is 18.3 Å². The summed E-state index contributed by atoms with van der Waals surface area (Å²) >= 11 is 0. The predicted octanol–water partition coefficient (Wildman–Crippen LogP) is 2.96. The number of hydrogen-bond acceptors (Lipinski definition) is 5. The van der Waals surface area contributed by atoms with Gasteiger partial charge in [0, 0.05) is 30.4 Å². The molecule has 2 N–H and O–H groups in total. The Morgan fingerprint density at radius 2 is 1.97 bits per heavy atom. The topological polar surface area (TPSA) is 86.3 Å². The lowest BCUT2D eigenvalue weighted by atomic mass is 10.1.